The summed E-state index contributed by atoms with van der Waals surface area (Å²) in [7, 11) is 0. The van der Waals surface area contributed by atoms with Crippen LogP contribution in [0.15, 0.2) is 370 Å². The van der Waals surface area contributed by atoms with E-state index in [0.29, 0.717) is 139 Å². The molecule has 0 fully saturated rings. The maximum atomic E-state index is 6.76. The van der Waals surface area contributed by atoms with Gasteiger partial charge in [-0.25, -0.2) is 0 Å². The lowest BCUT2D eigenvalue weighted by Crippen LogP contribution is -2.04. The fourth-order valence-corrected chi connectivity index (χ4v) is 13.0. The molecule has 0 aromatic heterocycles. The molecular formula is C106H90O14. The van der Waals surface area contributed by atoms with Crippen molar-refractivity contribution in [2.75, 3.05) is 0 Å². The molecule has 0 N–H and O–H groups in total. The monoisotopic (exact) mass is 1590 g/mol. The molecule has 14 nitrogen and oxygen atoms in total. The lowest BCUT2D eigenvalue weighted by molar-refractivity contribution is 0.270. The third kappa shape index (κ3) is 25.5. The van der Waals surface area contributed by atoms with Gasteiger partial charge in [0.15, 0.2) is 0 Å². The van der Waals surface area contributed by atoms with Crippen LogP contribution in [0.1, 0.15) is 83.5 Å². The predicted octanol–water partition coefficient (Wildman–Crippen LogP) is 23.8. The van der Waals surface area contributed by atoms with E-state index < -0.39 is 0 Å². The molecule has 0 unspecified atom stereocenters. The fourth-order valence-electron chi connectivity index (χ4n) is 13.0. The lowest BCUT2D eigenvalue weighted by Gasteiger charge is -2.17. The number of hydrogen-bond acceptors (Lipinski definition) is 14. The standard InChI is InChI=1S/C106H90O14/c1-2-78-43-93(115-72-91-53-103(117-74-87-45-95(107-64-79-27-11-3-12-28-79)58-96(46-87)108-65-80-29-13-4-14-30-80)62-104(54-91)118-75-88-47-97(109-66-81-31-15-5-16-32-81)59-98(48-88)110-67-82-33-17-6-18-34-82)57-94(44-78)116-73-92-55-105(119-76-89-49-99(111-68-83-35-19-7-20-36-83)60-100(50-89)112-69-84-37-21-8-22-38-84)63-106(56-92)120-77-90-51-101(113-70-85-39-23-9-24-40-85)61-102(52-90)114-71-86-41-25-10-26-42-86/h1,3-63H,64-77H2. The van der Waals surface area contributed by atoms with Crippen LogP contribution in [0.5, 0.6) is 80.5 Å². The van der Waals surface area contributed by atoms with E-state index in [-0.39, 0.29) is 39.6 Å². The summed E-state index contributed by atoms with van der Waals surface area (Å²) < 4.78 is 91.8. The van der Waals surface area contributed by atoms with Crippen LogP contribution in [0.4, 0.5) is 0 Å². The Bertz CT molecular complexity index is 4850. The van der Waals surface area contributed by atoms with E-state index >= 15 is 0 Å². The van der Waals surface area contributed by atoms with E-state index in [1.54, 1.807) is 12.1 Å². The SMILES string of the molecule is C#Cc1cc(OCc2cc(OCc3cc(OCc4ccccc4)cc(OCc4ccccc4)c3)cc(OCc3cc(OCc4ccccc4)cc(OCc4ccccc4)c3)c2)cc(OCc2cc(OCc3cc(OCc4ccccc4)cc(OCc4ccccc4)c3)cc(OCc3cc(OCc4ccccc4)cc(OCc4ccccc4)c3)c2)c1. The topological polar surface area (TPSA) is 129 Å². The molecule has 15 aromatic rings. The second-order valence-electron chi connectivity index (χ2n) is 28.6. The molecular weight excluding hydrogens is 1500 g/mol. The highest BCUT2D eigenvalue weighted by molar-refractivity contribution is 5.49. The van der Waals surface area contributed by atoms with Crippen molar-refractivity contribution >= 4 is 0 Å². The second kappa shape index (κ2) is 42.1. The van der Waals surface area contributed by atoms with Crippen LogP contribution in [0.2, 0.25) is 0 Å². The first kappa shape index (κ1) is 80.3. The molecule has 0 saturated carbocycles. The van der Waals surface area contributed by atoms with Gasteiger partial charge in [-0.1, -0.05) is 249 Å². The van der Waals surface area contributed by atoms with Crippen LogP contribution >= 0.6 is 0 Å². The minimum atomic E-state index is 0.0765. The first-order valence-corrected chi connectivity index (χ1v) is 39.8. The molecule has 120 heavy (non-hydrogen) atoms. The maximum absolute atomic E-state index is 6.76. The summed E-state index contributed by atoms with van der Waals surface area (Å²) in [6.45, 7) is 3.68. The van der Waals surface area contributed by atoms with Crippen LogP contribution in [-0.4, -0.2) is 0 Å². The fraction of sp³-hybridized carbons (Fsp3) is 0.132. The van der Waals surface area contributed by atoms with Crippen LogP contribution in [0.3, 0.4) is 0 Å². The van der Waals surface area contributed by atoms with Gasteiger partial charge in [0.25, 0.3) is 0 Å². The molecule has 0 heterocycles. The smallest absolute Gasteiger partial charge is 0.124 e. The Morgan fingerprint density at radius 3 is 0.358 bits per heavy atom. The van der Waals surface area contributed by atoms with Crippen molar-refractivity contribution in [1.82, 2.24) is 0 Å². The van der Waals surface area contributed by atoms with E-state index in [9.17, 15) is 0 Å². The maximum Gasteiger partial charge on any atom is 0.124 e. The van der Waals surface area contributed by atoms with Gasteiger partial charge < -0.3 is 66.3 Å². The molecule has 0 saturated heterocycles. The number of benzene rings is 15. The van der Waals surface area contributed by atoms with Gasteiger partial charge in [0, 0.05) is 48.0 Å². The minimum Gasteiger partial charge on any atom is -0.489 e. The highest BCUT2D eigenvalue weighted by Gasteiger charge is 2.17. The van der Waals surface area contributed by atoms with Gasteiger partial charge in [0.1, 0.15) is 173 Å². The average Bonchev–Trinajstić information content (AvgIpc) is 0.847. The summed E-state index contributed by atoms with van der Waals surface area (Å²) in [5.74, 6) is 10.9. The molecule has 0 aliphatic carbocycles. The Balaban J connectivity index is 0.698. The molecule has 14 heteroatoms. The summed E-state index contributed by atoms with van der Waals surface area (Å²) in [5, 5.41) is 0. The Morgan fingerprint density at radius 2 is 0.242 bits per heavy atom. The quantitative estimate of drug-likeness (QED) is 0.0337. The van der Waals surface area contributed by atoms with Gasteiger partial charge in [0.2, 0.25) is 0 Å². The predicted molar refractivity (Wildman–Crippen MR) is 465 cm³/mol. The Morgan fingerprint density at radius 1 is 0.133 bits per heavy atom. The van der Waals surface area contributed by atoms with Crippen molar-refractivity contribution in [2.24, 2.45) is 0 Å². The molecule has 15 rings (SSSR count). The van der Waals surface area contributed by atoms with E-state index in [1.807, 2.05) is 358 Å². The van der Waals surface area contributed by atoms with Gasteiger partial charge in [-0.05, 0) is 163 Å². The zero-order valence-corrected chi connectivity index (χ0v) is 66.4. The number of terminal acetylenes is 1. The van der Waals surface area contributed by atoms with E-state index in [1.165, 1.54) is 0 Å². The largest absolute Gasteiger partial charge is 0.489 e. The van der Waals surface area contributed by atoms with Gasteiger partial charge in [-0.15, -0.1) is 6.42 Å². The molecule has 0 spiro atoms. The zero-order valence-electron chi connectivity index (χ0n) is 66.4. The van der Waals surface area contributed by atoms with E-state index in [4.69, 9.17) is 72.7 Å². The third-order valence-corrected chi connectivity index (χ3v) is 19.1. The molecule has 15 aromatic carbocycles. The Kier molecular flexibility index (Phi) is 28.1. The number of rotatable bonds is 42. The van der Waals surface area contributed by atoms with Crippen molar-refractivity contribution in [2.45, 2.75) is 92.5 Å². The Labute approximate surface area is 701 Å². The van der Waals surface area contributed by atoms with Crippen molar-refractivity contribution in [1.29, 1.82) is 0 Å². The zero-order chi connectivity index (χ0) is 81.4. The van der Waals surface area contributed by atoms with Gasteiger partial charge in [-0.3, -0.25) is 0 Å². The van der Waals surface area contributed by atoms with Crippen LogP contribution in [0.25, 0.3) is 0 Å². The summed E-state index contributed by atoms with van der Waals surface area (Å²) in [4.78, 5) is 0. The lowest BCUT2D eigenvalue weighted by atomic mass is 10.1. The molecule has 598 valence electrons. The third-order valence-electron chi connectivity index (χ3n) is 19.1. The number of ether oxygens (including phenoxy) is 14. The molecule has 0 aliphatic heterocycles. The van der Waals surface area contributed by atoms with Crippen LogP contribution in [0, 0.1) is 12.3 Å². The van der Waals surface area contributed by atoms with Crippen molar-refractivity contribution < 1.29 is 66.3 Å². The van der Waals surface area contributed by atoms with Crippen molar-refractivity contribution in [3.8, 4) is 92.8 Å². The van der Waals surface area contributed by atoms with Gasteiger partial charge in [-0.2, -0.15) is 0 Å². The average molecular weight is 1590 g/mol. The molecule has 0 atom stereocenters. The molecule has 0 amide bonds. The molecule has 0 bridgehead atoms. The van der Waals surface area contributed by atoms with Crippen molar-refractivity contribution in [3.05, 3.63) is 454 Å². The first-order chi connectivity index (χ1) is 59.2. The van der Waals surface area contributed by atoms with Crippen LogP contribution in [-0.2, 0) is 92.5 Å². The van der Waals surface area contributed by atoms with E-state index in [0.717, 1.165) is 77.9 Å². The van der Waals surface area contributed by atoms with Crippen LogP contribution < -0.4 is 66.3 Å². The normalized spacial score (nSPS) is 10.8. The molecule has 0 radical (unpaired) electrons. The molecule has 0 aliphatic rings. The highest BCUT2D eigenvalue weighted by Crippen LogP contribution is 2.36. The summed E-state index contributed by atoms with van der Waals surface area (Å²) in [6, 6.07) is 121. The summed E-state index contributed by atoms with van der Waals surface area (Å²) in [6.07, 6.45) is 6.24. The van der Waals surface area contributed by atoms with Crippen molar-refractivity contribution in [3.63, 3.8) is 0 Å². The highest BCUT2D eigenvalue weighted by atomic mass is 16.5. The van der Waals surface area contributed by atoms with Gasteiger partial charge in [0.05, 0.1) is 0 Å². The number of hydrogen-bond donors (Lipinski definition) is 0. The van der Waals surface area contributed by atoms with E-state index in [2.05, 4.69) is 5.92 Å². The van der Waals surface area contributed by atoms with Gasteiger partial charge >= 0.3 is 0 Å². The second-order valence-corrected chi connectivity index (χ2v) is 28.6. The summed E-state index contributed by atoms with van der Waals surface area (Å²) >= 11 is 0. The minimum absolute atomic E-state index is 0.0765. The summed E-state index contributed by atoms with van der Waals surface area (Å²) in [5.41, 5.74) is 13.6. The first-order valence-electron chi connectivity index (χ1n) is 39.8. The Hall–Kier alpha value is -14.9.